The number of aryl methyl sites for hydroxylation is 2. The summed E-state index contributed by atoms with van der Waals surface area (Å²) in [6, 6.07) is 35.3. The SMILES string of the molecule is CN(C)c1ccc(/C=C/c2sc3ccccc3[n+]2CCC[N+](C)(C)CCCC[N+](C)(C)CCC[n+]2c(/C=C/c3ccc(N(C)C)cc3)sc3ccccc32)cc1. The van der Waals surface area contributed by atoms with Crippen molar-refractivity contribution >= 4 is 78.8 Å². The van der Waals surface area contributed by atoms with Crippen molar-refractivity contribution in [2.45, 2.75) is 38.8 Å². The van der Waals surface area contributed by atoms with Crippen LogP contribution in [0.15, 0.2) is 97.1 Å². The van der Waals surface area contributed by atoms with Gasteiger partial charge in [-0.1, -0.05) is 71.2 Å². The summed E-state index contributed by atoms with van der Waals surface area (Å²) >= 11 is 3.78. The molecule has 0 unspecified atom stereocenters. The Bertz CT molecular complexity index is 2060. The number of aromatic nitrogens is 2. The first-order valence-corrected chi connectivity index (χ1v) is 21.9. The third kappa shape index (κ3) is 11.2. The Balaban J connectivity index is 0.975. The highest BCUT2D eigenvalue weighted by Crippen LogP contribution is 2.25. The van der Waals surface area contributed by atoms with Crippen LogP contribution in [-0.4, -0.2) is 91.5 Å². The van der Waals surface area contributed by atoms with E-state index in [2.05, 4.69) is 197 Å². The minimum atomic E-state index is 1.04. The van der Waals surface area contributed by atoms with Crippen molar-refractivity contribution < 1.29 is 18.1 Å². The Morgan fingerprint density at radius 1 is 0.464 bits per heavy atom. The van der Waals surface area contributed by atoms with Crippen molar-refractivity contribution in [3.05, 3.63) is 118 Å². The van der Waals surface area contributed by atoms with Crippen LogP contribution in [0.2, 0.25) is 0 Å². The smallest absolute Gasteiger partial charge is 0.262 e. The Morgan fingerprint density at radius 3 is 1.20 bits per heavy atom. The molecular weight excluding hydrogens is 725 g/mol. The lowest BCUT2D eigenvalue weighted by Gasteiger charge is -2.32. The van der Waals surface area contributed by atoms with Crippen molar-refractivity contribution in [3.8, 4) is 0 Å². The van der Waals surface area contributed by atoms with E-state index in [1.165, 1.54) is 92.0 Å². The number of hydrogen-bond donors (Lipinski definition) is 0. The Hall–Kier alpha value is -4.34. The first kappa shape index (κ1) is 41.3. The van der Waals surface area contributed by atoms with Crippen molar-refractivity contribution in [1.29, 1.82) is 0 Å². The Kier molecular flexibility index (Phi) is 13.8. The summed E-state index contributed by atoms with van der Waals surface area (Å²) in [4.78, 5) is 4.29. The molecule has 6 rings (SSSR count). The summed E-state index contributed by atoms with van der Waals surface area (Å²) in [7, 11) is 18.0. The third-order valence-electron chi connectivity index (χ3n) is 11.0. The number of unbranched alkanes of at least 4 members (excludes halogenated alkanes) is 1. The van der Waals surface area contributed by atoms with Gasteiger partial charge in [0, 0.05) is 76.7 Å². The van der Waals surface area contributed by atoms with Crippen molar-refractivity contribution in [1.82, 2.24) is 0 Å². The fourth-order valence-electron chi connectivity index (χ4n) is 7.53. The molecule has 0 atom stereocenters. The van der Waals surface area contributed by atoms with Crippen molar-refractivity contribution in [3.63, 3.8) is 0 Å². The van der Waals surface area contributed by atoms with Crippen LogP contribution in [0.5, 0.6) is 0 Å². The van der Waals surface area contributed by atoms with Gasteiger partial charge >= 0.3 is 0 Å². The van der Waals surface area contributed by atoms with Gasteiger partial charge in [0.05, 0.1) is 67.2 Å². The number of para-hydroxylation sites is 2. The van der Waals surface area contributed by atoms with Gasteiger partial charge in [-0.05, 0) is 59.7 Å². The second kappa shape index (κ2) is 18.7. The second-order valence-corrected chi connectivity index (χ2v) is 19.1. The molecule has 6 aromatic rings. The van der Waals surface area contributed by atoms with E-state index in [1.54, 1.807) is 0 Å². The zero-order valence-electron chi connectivity index (χ0n) is 35.1. The number of benzene rings is 4. The molecule has 0 saturated heterocycles. The summed E-state index contributed by atoms with van der Waals surface area (Å²) in [5.74, 6) is 0. The zero-order chi connectivity index (χ0) is 39.7. The van der Waals surface area contributed by atoms with E-state index in [-0.39, 0.29) is 0 Å². The molecule has 294 valence electrons. The number of hydrogen-bond acceptors (Lipinski definition) is 4. The summed E-state index contributed by atoms with van der Waals surface area (Å²) in [6.45, 7) is 6.86. The molecule has 56 heavy (non-hydrogen) atoms. The zero-order valence-corrected chi connectivity index (χ0v) is 36.8. The molecule has 0 aliphatic rings. The van der Waals surface area contributed by atoms with Gasteiger partial charge in [-0.2, -0.15) is 9.13 Å². The first-order valence-electron chi connectivity index (χ1n) is 20.3. The second-order valence-electron chi connectivity index (χ2n) is 16.9. The standard InChI is InChI=1S/C48H64N6S2/c1-49(2)41-27-21-39(22-28-41)25-31-47-51(43-17-9-11-19-45(43)55-47)33-15-37-53(5,6)35-13-14-36-54(7,8)38-16-34-52-44-18-10-12-20-46(44)56-48(52)32-26-40-23-29-42(30-24-40)50(3)4/h9-12,17-32H,13-16,33-38H2,1-8H3/q+4. The highest BCUT2D eigenvalue weighted by molar-refractivity contribution is 7.19. The number of fused-ring (bicyclic) bond motifs is 2. The summed E-state index contributed by atoms with van der Waals surface area (Å²) in [5, 5.41) is 2.63. The predicted molar refractivity (Wildman–Crippen MR) is 246 cm³/mol. The average Bonchev–Trinajstić information content (AvgIpc) is 3.72. The van der Waals surface area contributed by atoms with Crippen LogP contribution >= 0.6 is 22.7 Å². The quantitative estimate of drug-likeness (QED) is 0.0462. The van der Waals surface area contributed by atoms with Crippen LogP contribution in [0, 0.1) is 0 Å². The fourth-order valence-corrected chi connectivity index (χ4v) is 9.72. The molecule has 0 amide bonds. The van der Waals surface area contributed by atoms with E-state index in [1.807, 2.05) is 22.7 Å². The predicted octanol–water partition coefficient (Wildman–Crippen LogP) is 9.58. The highest BCUT2D eigenvalue weighted by Gasteiger charge is 2.23. The van der Waals surface area contributed by atoms with Gasteiger partial charge in [-0.3, -0.25) is 0 Å². The molecule has 0 bridgehead atoms. The Morgan fingerprint density at radius 2 is 0.821 bits per heavy atom. The highest BCUT2D eigenvalue weighted by atomic mass is 32.1. The van der Waals surface area contributed by atoms with Gasteiger partial charge in [0.15, 0.2) is 13.1 Å². The molecule has 2 aromatic heterocycles. The molecule has 0 spiro atoms. The number of rotatable bonds is 19. The molecule has 0 saturated carbocycles. The topological polar surface area (TPSA) is 14.2 Å². The molecule has 8 heteroatoms. The van der Waals surface area contributed by atoms with Crippen molar-refractivity contribution in [2.24, 2.45) is 0 Å². The van der Waals surface area contributed by atoms with E-state index < -0.39 is 0 Å². The molecular formula is C48H64N6S2+4. The van der Waals surface area contributed by atoms with Crippen LogP contribution < -0.4 is 18.9 Å². The van der Waals surface area contributed by atoms with Crippen molar-refractivity contribution in [2.75, 3.05) is 92.4 Å². The van der Waals surface area contributed by atoms with Crippen LogP contribution in [-0.2, 0) is 13.1 Å². The summed E-state index contributed by atoms with van der Waals surface area (Å²) in [6.07, 6.45) is 14.0. The van der Waals surface area contributed by atoms with Crippen LogP contribution in [0.4, 0.5) is 11.4 Å². The van der Waals surface area contributed by atoms with E-state index in [0.29, 0.717) is 0 Å². The third-order valence-corrected chi connectivity index (χ3v) is 13.3. The molecule has 4 aromatic carbocycles. The number of thiazole rings is 2. The minimum Gasteiger partial charge on any atom is -0.378 e. The Labute approximate surface area is 344 Å². The maximum Gasteiger partial charge on any atom is 0.262 e. The minimum absolute atomic E-state index is 1.04. The molecule has 0 aliphatic carbocycles. The number of nitrogens with zero attached hydrogens (tertiary/aromatic N) is 6. The number of quaternary nitrogens is 2. The lowest BCUT2D eigenvalue weighted by molar-refractivity contribution is -0.899. The van der Waals surface area contributed by atoms with Gasteiger partial charge in [-0.25, -0.2) is 0 Å². The first-order chi connectivity index (χ1) is 26.9. The van der Waals surface area contributed by atoms with Gasteiger partial charge in [0.1, 0.15) is 9.40 Å². The molecule has 0 aliphatic heterocycles. The van der Waals surface area contributed by atoms with E-state index in [0.717, 1.165) is 34.9 Å². The van der Waals surface area contributed by atoms with Gasteiger partial charge in [0.2, 0.25) is 11.0 Å². The van der Waals surface area contributed by atoms with Gasteiger partial charge < -0.3 is 18.8 Å². The molecule has 0 radical (unpaired) electrons. The van der Waals surface area contributed by atoms with Crippen LogP contribution in [0.1, 0.15) is 46.8 Å². The van der Waals surface area contributed by atoms with Crippen LogP contribution in [0.3, 0.4) is 0 Å². The summed E-state index contributed by atoms with van der Waals surface area (Å²) in [5.41, 5.74) is 7.59. The average molecular weight is 789 g/mol. The fraction of sp³-hybridized carbons (Fsp3) is 0.375. The monoisotopic (exact) mass is 788 g/mol. The largest absolute Gasteiger partial charge is 0.378 e. The van der Waals surface area contributed by atoms with Gasteiger partial charge in [-0.15, -0.1) is 0 Å². The lowest BCUT2D eigenvalue weighted by Crippen LogP contribution is -2.45. The maximum absolute atomic E-state index is 2.53. The molecule has 0 N–H and O–H groups in total. The molecule has 0 fully saturated rings. The van der Waals surface area contributed by atoms with Crippen LogP contribution in [0.25, 0.3) is 44.7 Å². The summed E-state index contributed by atoms with van der Waals surface area (Å²) < 4.78 is 9.91. The van der Waals surface area contributed by atoms with E-state index >= 15 is 0 Å². The van der Waals surface area contributed by atoms with E-state index in [9.17, 15) is 0 Å². The van der Waals surface area contributed by atoms with E-state index in [4.69, 9.17) is 0 Å². The maximum atomic E-state index is 2.53. The molecule has 2 heterocycles. The van der Waals surface area contributed by atoms with Gasteiger partial charge in [0.25, 0.3) is 10.0 Å². The number of anilines is 2. The normalized spacial score (nSPS) is 12.5. The lowest BCUT2D eigenvalue weighted by atomic mass is 10.2. The molecule has 6 nitrogen and oxygen atoms in total.